The average Bonchev–Trinajstić information content (AvgIpc) is 2.42. The Balaban J connectivity index is 2.10. The van der Waals surface area contributed by atoms with Crippen LogP contribution in [0, 0.1) is 5.82 Å². The normalized spacial score (nSPS) is 14.2. The fourth-order valence-corrected chi connectivity index (χ4v) is 2.50. The van der Waals surface area contributed by atoms with Crippen LogP contribution in [0.1, 0.15) is 24.1 Å². The van der Waals surface area contributed by atoms with Gasteiger partial charge in [0, 0.05) is 16.8 Å². The molecule has 0 bridgehead atoms. The highest BCUT2D eigenvalue weighted by atomic mass is 35.5. The average molecular weight is 278 g/mol. The predicted octanol–water partition coefficient (Wildman–Crippen LogP) is 3.40. The maximum atomic E-state index is 13.5. The Labute approximate surface area is 115 Å². The van der Waals surface area contributed by atoms with Crippen molar-refractivity contribution >= 4 is 17.4 Å². The van der Waals surface area contributed by atoms with Gasteiger partial charge in [-0.25, -0.2) is 14.4 Å². The largest absolute Gasteiger partial charge is 0.383 e. The molecule has 1 aliphatic carbocycles. The molecule has 1 aliphatic rings. The van der Waals surface area contributed by atoms with Crippen LogP contribution in [0.5, 0.6) is 0 Å². The summed E-state index contributed by atoms with van der Waals surface area (Å²) in [5.74, 6) is 0.503. The van der Waals surface area contributed by atoms with Crippen molar-refractivity contribution in [2.24, 2.45) is 0 Å². The first-order valence-electron chi connectivity index (χ1n) is 6.26. The van der Waals surface area contributed by atoms with Crippen LogP contribution in [0.25, 0.3) is 11.4 Å². The maximum absolute atomic E-state index is 13.5. The minimum absolute atomic E-state index is 0.0923. The molecule has 0 spiro atoms. The van der Waals surface area contributed by atoms with Crippen molar-refractivity contribution in [2.45, 2.75) is 25.7 Å². The highest BCUT2D eigenvalue weighted by Gasteiger charge is 2.17. The Bertz CT molecular complexity index is 643. The molecule has 3 nitrogen and oxygen atoms in total. The molecule has 0 saturated heterocycles. The molecule has 5 heteroatoms. The number of hydrogen-bond acceptors (Lipinski definition) is 3. The van der Waals surface area contributed by atoms with Crippen molar-refractivity contribution in [1.29, 1.82) is 0 Å². The quantitative estimate of drug-likeness (QED) is 0.869. The predicted molar refractivity (Wildman–Crippen MR) is 73.5 cm³/mol. The van der Waals surface area contributed by atoms with Crippen LogP contribution in [0.3, 0.4) is 0 Å². The second kappa shape index (κ2) is 4.78. The lowest BCUT2D eigenvalue weighted by molar-refractivity contribution is 0.628. The van der Waals surface area contributed by atoms with E-state index in [0.29, 0.717) is 17.2 Å². The van der Waals surface area contributed by atoms with Gasteiger partial charge in [-0.15, -0.1) is 0 Å². The van der Waals surface area contributed by atoms with Gasteiger partial charge in [-0.2, -0.15) is 0 Å². The van der Waals surface area contributed by atoms with E-state index >= 15 is 0 Å². The van der Waals surface area contributed by atoms with Crippen molar-refractivity contribution in [3.05, 3.63) is 40.3 Å². The first-order valence-corrected chi connectivity index (χ1v) is 6.63. The van der Waals surface area contributed by atoms with E-state index in [1.165, 1.54) is 12.1 Å². The van der Waals surface area contributed by atoms with E-state index in [0.717, 1.165) is 36.9 Å². The summed E-state index contributed by atoms with van der Waals surface area (Å²) in [4.78, 5) is 8.80. The Morgan fingerprint density at radius 2 is 1.95 bits per heavy atom. The molecular formula is C14H13ClFN3. The molecule has 0 fully saturated rings. The molecule has 2 N–H and O–H groups in total. The van der Waals surface area contributed by atoms with Gasteiger partial charge < -0.3 is 5.73 Å². The van der Waals surface area contributed by atoms with Crippen molar-refractivity contribution in [1.82, 2.24) is 9.97 Å². The Kier molecular flexibility index (Phi) is 3.11. The van der Waals surface area contributed by atoms with E-state index in [1.54, 1.807) is 6.07 Å². The van der Waals surface area contributed by atoms with Crippen molar-refractivity contribution in [3.8, 4) is 11.4 Å². The Morgan fingerprint density at radius 1 is 1.16 bits per heavy atom. The summed E-state index contributed by atoms with van der Waals surface area (Å²) in [5, 5.41) is 0.0923. The lowest BCUT2D eigenvalue weighted by atomic mass is 9.96. The lowest BCUT2D eigenvalue weighted by Gasteiger charge is -2.17. The van der Waals surface area contributed by atoms with Gasteiger partial charge in [0.1, 0.15) is 11.6 Å². The molecule has 1 aromatic heterocycles. The van der Waals surface area contributed by atoms with Crippen molar-refractivity contribution < 1.29 is 4.39 Å². The number of halogens is 2. The second-order valence-electron chi connectivity index (χ2n) is 4.69. The Morgan fingerprint density at radius 3 is 2.74 bits per heavy atom. The minimum Gasteiger partial charge on any atom is -0.383 e. The number of anilines is 1. The standard InChI is InChI=1S/C14H13ClFN3/c15-10-6-5-8(7-11(10)16)14-18-12-4-2-1-3-9(12)13(17)19-14/h5-7H,1-4H2,(H2,17,18,19). The number of nitrogen functional groups attached to an aromatic ring is 1. The summed E-state index contributed by atoms with van der Waals surface area (Å²) < 4.78 is 13.5. The van der Waals surface area contributed by atoms with Gasteiger partial charge in [0.15, 0.2) is 5.82 Å². The molecule has 0 aliphatic heterocycles. The molecular weight excluding hydrogens is 265 g/mol. The van der Waals surface area contributed by atoms with Crippen molar-refractivity contribution in [3.63, 3.8) is 0 Å². The molecule has 19 heavy (non-hydrogen) atoms. The fraction of sp³-hybridized carbons (Fsp3) is 0.286. The zero-order chi connectivity index (χ0) is 13.4. The van der Waals surface area contributed by atoms with E-state index in [9.17, 15) is 4.39 Å². The summed E-state index contributed by atoms with van der Waals surface area (Å²) in [6.45, 7) is 0. The van der Waals surface area contributed by atoms with Crippen molar-refractivity contribution in [2.75, 3.05) is 5.73 Å². The summed E-state index contributed by atoms with van der Waals surface area (Å²) in [7, 11) is 0. The van der Waals surface area contributed by atoms with Crippen LogP contribution in [0.15, 0.2) is 18.2 Å². The number of nitrogens with two attached hydrogens (primary N) is 1. The SMILES string of the molecule is Nc1nc(-c2ccc(Cl)c(F)c2)nc2c1CCCC2. The molecule has 0 atom stereocenters. The number of aromatic nitrogens is 2. The van der Waals surface area contributed by atoms with E-state index < -0.39 is 5.82 Å². The van der Waals surface area contributed by atoms with E-state index in [1.807, 2.05) is 0 Å². The molecule has 0 unspecified atom stereocenters. The lowest BCUT2D eigenvalue weighted by Crippen LogP contribution is -2.11. The maximum Gasteiger partial charge on any atom is 0.161 e. The van der Waals surface area contributed by atoms with Gasteiger partial charge in [-0.05, 0) is 43.9 Å². The van der Waals surface area contributed by atoms with Crippen LogP contribution >= 0.6 is 11.6 Å². The third-order valence-electron chi connectivity index (χ3n) is 3.39. The first kappa shape index (κ1) is 12.4. The fourth-order valence-electron chi connectivity index (χ4n) is 2.39. The summed E-state index contributed by atoms with van der Waals surface area (Å²) in [6, 6.07) is 4.55. The number of rotatable bonds is 1. The zero-order valence-corrected chi connectivity index (χ0v) is 11.0. The molecule has 3 rings (SSSR count). The highest BCUT2D eigenvalue weighted by Crippen LogP contribution is 2.28. The number of nitrogens with zero attached hydrogens (tertiary/aromatic N) is 2. The van der Waals surface area contributed by atoms with Crippen LogP contribution in [0.4, 0.5) is 10.2 Å². The van der Waals surface area contributed by atoms with Crippen LogP contribution in [-0.2, 0) is 12.8 Å². The van der Waals surface area contributed by atoms with Gasteiger partial charge in [-0.1, -0.05) is 11.6 Å². The molecule has 0 radical (unpaired) electrons. The number of hydrogen-bond donors (Lipinski definition) is 1. The van der Waals surface area contributed by atoms with E-state index in [-0.39, 0.29) is 5.02 Å². The monoisotopic (exact) mass is 277 g/mol. The number of benzene rings is 1. The zero-order valence-electron chi connectivity index (χ0n) is 10.3. The van der Waals surface area contributed by atoms with Gasteiger partial charge >= 0.3 is 0 Å². The van der Waals surface area contributed by atoms with Crippen LogP contribution in [0.2, 0.25) is 5.02 Å². The number of fused-ring (bicyclic) bond motifs is 1. The molecule has 0 amide bonds. The second-order valence-corrected chi connectivity index (χ2v) is 5.10. The van der Waals surface area contributed by atoms with Gasteiger partial charge in [-0.3, -0.25) is 0 Å². The van der Waals surface area contributed by atoms with Gasteiger partial charge in [0.25, 0.3) is 0 Å². The van der Waals surface area contributed by atoms with E-state index in [4.69, 9.17) is 17.3 Å². The smallest absolute Gasteiger partial charge is 0.161 e. The summed E-state index contributed by atoms with van der Waals surface area (Å²) >= 11 is 5.67. The van der Waals surface area contributed by atoms with Crippen LogP contribution in [-0.4, -0.2) is 9.97 Å². The molecule has 1 aromatic carbocycles. The summed E-state index contributed by atoms with van der Waals surface area (Å²) in [6.07, 6.45) is 4.06. The minimum atomic E-state index is -0.473. The molecule has 2 aromatic rings. The summed E-state index contributed by atoms with van der Waals surface area (Å²) in [5.41, 5.74) is 8.61. The Hall–Kier alpha value is -1.68. The number of aryl methyl sites for hydroxylation is 1. The van der Waals surface area contributed by atoms with E-state index in [2.05, 4.69) is 9.97 Å². The molecule has 0 saturated carbocycles. The van der Waals surface area contributed by atoms with Crippen LogP contribution < -0.4 is 5.73 Å². The molecule has 98 valence electrons. The topological polar surface area (TPSA) is 51.8 Å². The van der Waals surface area contributed by atoms with Gasteiger partial charge in [0.05, 0.1) is 5.02 Å². The molecule has 1 heterocycles. The first-order chi connectivity index (χ1) is 9.15. The van der Waals surface area contributed by atoms with Gasteiger partial charge in [0.2, 0.25) is 0 Å². The highest BCUT2D eigenvalue weighted by molar-refractivity contribution is 6.30. The third-order valence-corrected chi connectivity index (χ3v) is 3.70. The third kappa shape index (κ3) is 2.28.